The normalized spacial score (nSPS) is 15.1. The standard InChI is InChI=1S/C22H20F3N5O4S/c23-22(24,25)19-4-2-1-3-18(19)15-5-7-17(8-6-15)35(33,34)30-11-9-29(10-12-30)21-26-13-16(14-27-21)20(31)28-32/h1-8,13-14,32H,9-12H2,(H,28,31). The first kappa shape index (κ1) is 24.6. The second kappa shape index (κ2) is 9.60. The molecule has 9 nitrogen and oxygen atoms in total. The van der Waals surface area contributed by atoms with Crippen LogP contribution in [0, 0.1) is 0 Å². The fourth-order valence-electron chi connectivity index (χ4n) is 3.73. The van der Waals surface area contributed by atoms with Crippen molar-refractivity contribution in [3.8, 4) is 11.1 Å². The van der Waals surface area contributed by atoms with Gasteiger partial charge < -0.3 is 4.90 Å². The van der Waals surface area contributed by atoms with E-state index in [-0.39, 0.29) is 34.7 Å². The van der Waals surface area contributed by atoms with Crippen LogP contribution in [-0.2, 0) is 16.2 Å². The summed E-state index contributed by atoms with van der Waals surface area (Å²) in [5, 5.41) is 8.65. The molecule has 2 aromatic carbocycles. The molecule has 0 saturated carbocycles. The SMILES string of the molecule is O=C(NO)c1cnc(N2CCN(S(=O)(=O)c3ccc(-c4ccccc4C(F)(F)F)cc3)CC2)nc1. The number of rotatable bonds is 5. The molecule has 0 aliphatic carbocycles. The third-order valence-corrected chi connectivity index (χ3v) is 7.47. The summed E-state index contributed by atoms with van der Waals surface area (Å²) in [5.74, 6) is -0.440. The van der Waals surface area contributed by atoms with E-state index in [2.05, 4.69) is 9.97 Å². The van der Waals surface area contributed by atoms with Gasteiger partial charge in [-0.05, 0) is 29.3 Å². The number of sulfonamides is 1. The smallest absolute Gasteiger partial charge is 0.338 e. The third-order valence-electron chi connectivity index (χ3n) is 5.56. The van der Waals surface area contributed by atoms with E-state index in [4.69, 9.17) is 5.21 Å². The van der Waals surface area contributed by atoms with Gasteiger partial charge in [0.15, 0.2) is 0 Å². The van der Waals surface area contributed by atoms with Crippen LogP contribution in [0.15, 0.2) is 65.8 Å². The Balaban J connectivity index is 1.46. The van der Waals surface area contributed by atoms with Crippen molar-refractivity contribution < 1.29 is 31.6 Å². The molecule has 13 heteroatoms. The van der Waals surface area contributed by atoms with Crippen LogP contribution in [-0.4, -0.2) is 60.0 Å². The lowest BCUT2D eigenvalue weighted by molar-refractivity contribution is -0.137. The van der Waals surface area contributed by atoms with Gasteiger partial charge in [0, 0.05) is 38.6 Å². The molecule has 2 N–H and O–H groups in total. The molecular formula is C22H20F3N5O4S. The van der Waals surface area contributed by atoms with Crippen molar-refractivity contribution in [2.24, 2.45) is 0 Å². The molecule has 0 unspecified atom stereocenters. The third kappa shape index (κ3) is 5.11. The summed E-state index contributed by atoms with van der Waals surface area (Å²) in [7, 11) is -3.86. The van der Waals surface area contributed by atoms with E-state index in [1.165, 1.54) is 64.6 Å². The zero-order chi connectivity index (χ0) is 25.2. The minimum absolute atomic E-state index is 0.0187. The van der Waals surface area contributed by atoms with E-state index >= 15 is 0 Å². The Hall–Kier alpha value is -3.55. The molecule has 1 amide bonds. The molecule has 1 saturated heterocycles. The zero-order valence-corrected chi connectivity index (χ0v) is 18.9. The fourth-order valence-corrected chi connectivity index (χ4v) is 5.15. The lowest BCUT2D eigenvalue weighted by Gasteiger charge is -2.34. The first-order valence-electron chi connectivity index (χ1n) is 10.4. The van der Waals surface area contributed by atoms with Crippen molar-refractivity contribution in [2.75, 3.05) is 31.1 Å². The Kier molecular flexibility index (Phi) is 6.74. The molecule has 4 rings (SSSR count). The Morgan fingerprint density at radius 1 is 0.943 bits per heavy atom. The number of nitrogens with one attached hydrogen (secondary N) is 1. The van der Waals surface area contributed by atoms with E-state index in [0.717, 1.165) is 6.07 Å². The zero-order valence-electron chi connectivity index (χ0n) is 18.1. The number of carbonyl (C=O) groups excluding carboxylic acids is 1. The van der Waals surface area contributed by atoms with Gasteiger partial charge in [0.05, 0.1) is 16.0 Å². The number of carbonyl (C=O) groups is 1. The lowest BCUT2D eigenvalue weighted by Crippen LogP contribution is -2.49. The highest BCUT2D eigenvalue weighted by Crippen LogP contribution is 2.37. The van der Waals surface area contributed by atoms with Crippen LogP contribution in [0.1, 0.15) is 15.9 Å². The van der Waals surface area contributed by atoms with Crippen LogP contribution < -0.4 is 10.4 Å². The number of benzene rings is 2. The van der Waals surface area contributed by atoms with Crippen molar-refractivity contribution >= 4 is 21.9 Å². The predicted octanol–water partition coefficient (Wildman–Crippen LogP) is 2.79. The van der Waals surface area contributed by atoms with Gasteiger partial charge in [-0.3, -0.25) is 10.0 Å². The number of aromatic nitrogens is 2. The molecule has 1 fully saturated rings. The summed E-state index contributed by atoms with van der Waals surface area (Å²) in [6, 6.07) is 10.5. The number of hydrogen-bond acceptors (Lipinski definition) is 7. The summed E-state index contributed by atoms with van der Waals surface area (Å²) < 4.78 is 67.4. The molecule has 0 spiro atoms. The number of alkyl halides is 3. The first-order valence-corrected chi connectivity index (χ1v) is 11.8. The fraction of sp³-hybridized carbons (Fsp3) is 0.227. The molecule has 0 bridgehead atoms. The summed E-state index contributed by atoms with van der Waals surface area (Å²) in [6.45, 7) is 0.871. The lowest BCUT2D eigenvalue weighted by atomic mass is 9.99. The minimum atomic E-state index is -4.53. The van der Waals surface area contributed by atoms with Gasteiger partial charge in [0.1, 0.15) is 0 Å². The van der Waals surface area contributed by atoms with E-state index in [1.807, 2.05) is 0 Å². The maximum Gasteiger partial charge on any atom is 0.417 e. The molecule has 1 aliphatic heterocycles. The van der Waals surface area contributed by atoms with Gasteiger partial charge in [-0.2, -0.15) is 17.5 Å². The molecule has 1 aromatic heterocycles. The predicted molar refractivity (Wildman–Crippen MR) is 119 cm³/mol. The van der Waals surface area contributed by atoms with Crippen molar-refractivity contribution in [1.82, 2.24) is 19.8 Å². The molecule has 3 aromatic rings. The highest BCUT2D eigenvalue weighted by Gasteiger charge is 2.34. The first-order chi connectivity index (χ1) is 16.6. The van der Waals surface area contributed by atoms with Crippen LogP contribution in [0.2, 0.25) is 0 Å². The number of halogens is 3. The number of piperazine rings is 1. The van der Waals surface area contributed by atoms with Gasteiger partial charge in [-0.15, -0.1) is 0 Å². The summed E-state index contributed by atoms with van der Waals surface area (Å²) in [4.78, 5) is 21.3. The number of hydroxylamine groups is 1. The Morgan fingerprint density at radius 3 is 2.11 bits per heavy atom. The second-order valence-corrected chi connectivity index (χ2v) is 9.61. The van der Waals surface area contributed by atoms with Crippen LogP contribution in [0.25, 0.3) is 11.1 Å². The molecule has 1 aliphatic rings. The average Bonchev–Trinajstić information content (AvgIpc) is 2.88. The van der Waals surface area contributed by atoms with Crippen LogP contribution in [0.4, 0.5) is 19.1 Å². The van der Waals surface area contributed by atoms with Crippen LogP contribution >= 0.6 is 0 Å². The number of amides is 1. The summed E-state index contributed by atoms with van der Waals surface area (Å²) in [5.41, 5.74) is 0.994. The van der Waals surface area contributed by atoms with Crippen molar-refractivity contribution in [1.29, 1.82) is 0 Å². The van der Waals surface area contributed by atoms with E-state index in [9.17, 15) is 26.4 Å². The molecule has 0 radical (unpaired) electrons. The largest absolute Gasteiger partial charge is 0.417 e. The van der Waals surface area contributed by atoms with Gasteiger partial charge in [-0.25, -0.2) is 23.9 Å². The molecule has 35 heavy (non-hydrogen) atoms. The number of nitrogens with zero attached hydrogens (tertiary/aromatic N) is 4. The maximum absolute atomic E-state index is 13.3. The highest BCUT2D eigenvalue weighted by atomic mass is 32.2. The van der Waals surface area contributed by atoms with Crippen molar-refractivity contribution in [2.45, 2.75) is 11.1 Å². The summed E-state index contributed by atoms with van der Waals surface area (Å²) >= 11 is 0. The maximum atomic E-state index is 13.3. The van der Waals surface area contributed by atoms with Gasteiger partial charge >= 0.3 is 6.18 Å². The molecular weight excluding hydrogens is 487 g/mol. The van der Waals surface area contributed by atoms with Crippen molar-refractivity contribution in [3.63, 3.8) is 0 Å². The molecule has 2 heterocycles. The Bertz CT molecular complexity index is 1310. The van der Waals surface area contributed by atoms with Gasteiger partial charge in [0.25, 0.3) is 5.91 Å². The van der Waals surface area contributed by atoms with Gasteiger partial charge in [-0.1, -0.05) is 30.3 Å². The number of anilines is 1. The molecule has 184 valence electrons. The van der Waals surface area contributed by atoms with E-state index in [1.54, 1.807) is 4.90 Å². The quantitative estimate of drug-likeness (QED) is 0.403. The monoisotopic (exact) mass is 507 g/mol. The average molecular weight is 507 g/mol. The van der Waals surface area contributed by atoms with Crippen LogP contribution in [0.5, 0.6) is 0 Å². The second-order valence-electron chi connectivity index (χ2n) is 7.67. The van der Waals surface area contributed by atoms with Crippen LogP contribution in [0.3, 0.4) is 0 Å². The van der Waals surface area contributed by atoms with Crippen molar-refractivity contribution in [3.05, 3.63) is 72.1 Å². The van der Waals surface area contributed by atoms with Gasteiger partial charge in [0.2, 0.25) is 16.0 Å². The highest BCUT2D eigenvalue weighted by molar-refractivity contribution is 7.89. The number of hydrogen-bond donors (Lipinski definition) is 2. The summed E-state index contributed by atoms with van der Waals surface area (Å²) in [6.07, 6.45) is -2.04. The van der Waals surface area contributed by atoms with E-state index < -0.39 is 27.7 Å². The molecule has 0 atom stereocenters. The minimum Gasteiger partial charge on any atom is -0.338 e. The van der Waals surface area contributed by atoms with E-state index in [0.29, 0.717) is 19.0 Å². The Morgan fingerprint density at radius 2 is 1.54 bits per heavy atom. The topological polar surface area (TPSA) is 116 Å². The Labute approximate surface area is 198 Å².